The van der Waals surface area contributed by atoms with E-state index >= 15 is 0 Å². The first-order chi connectivity index (χ1) is 11.3. The lowest BCUT2D eigenvalue weighted by molar-refractivity contribution is -0.137. The van der Waals surface area contributed by atoms with E-state index in [1.54, 1.807) is 11.4 Å². The molecule has 1 atom stereocenters. The van der Waals surface area contributed by atoms with Crippen LogP contribution in [0.25, 0.3) is 0 Å². The van der Waals surface area contributed by atoms with Crippen LogP contribution in [0, 0.1) is 11.3 Å². The molecular formula is C17H28N2O4S. The number of nitrogens with zero attached hydrogens (tertiary/aromatic N) is 2. The molecule has 0 N–H and O–H groups in total. The first-order valence-electron chi connectivity index (χ1n) is 8.74. The van der Waals surface area contributed by atoms with Crippen molar-refractivity contribution in [1.82, 2.24) is 9.21 Å². The summed E-state index contributed by atoms with van der Waals surface area (Å²) in [5.74, 6) is 0.387. The SMILES string of the molecule is COCC1CC2(CCN(C(=O)C3CC=CC3)CC2)CN1S(C)(=O)=O. The van der Waals surface area contributed by atoms with Crippen molar-refractivity contribution in [2.24, 2.45) is 11.3 Å². The summed E-state index contributed by atoms with van der Waals surface area (Å²) in [5.41, 5.74) is -0.00299. The molecule has 2 aliphatic heterocycles. The molecule has 1 unspecified atom stereocenters. The average molecular weight is 356 g/mol. The van der Waals surface area contributed by atoms with E-state index in [2.05, 4.69) is 12.2 Å². The summed E-state index contributed by atoms with van der Waals surface area (Å²) in [4.78, 5) is 14.5. The van der Waals surface area contributed by atoms with Crippen molar-refractivity contribution < 1.29 is 17.9 Å². The van der Waals surface area contributed by atoms with Crippen LogP contribution in [0.5, 0.6) is 0 Å². The van der Waals surface area contributed by atoms with Gasteiger partial charge >= 0.3 is 0 Å². The number of carbonyl (C=O) groups excluding carboxylic acids is 1. The quantitative estimate of drug-likeness (QED) is 0.711. The third-order valence-electron chi connectivity index (χ3n) is 5.85. The highest BCUT2D eigenvalue weighted by molar-refractivity contribution is 7.88. The van der Waals surface area contributed by atoms with Gasteiger partial charge in [0.15, 0.2) is 0 Å². The molecule has 1 aliphatic carbocycles. The molecule has 2 saturated heterocycles. The van der Waals surface area contributed by atoms with Crippen molar-refractivity contribution in [1.29, 1.82) is 0 Å². The van der Waals surface area contributed by atoms with Gasteiger partial charge < -0.3 is 9.64 Å². The fourth-order valence-electron chi connectivity index (χ4n) is 4.49. The lowest BCUT2D eigenvalue weighted by atomic mass is 9.76. The van der Waals surface area contributed by atoms with Crippen LogP contribution in [0.4, 0.5) is 0 Å². The van der Waals surface area contributed by atoms with Crippen molar-refractivity contribution in [2.75, 3.05) is 39.6 Å². The van der Waals surface area contributed by atoms with E-state index in [0.29, 0.717) is 13.2 Å². The Morgan fingerprint density at radius 1 is 1.25 bits per heavy atom. The summed E-state index contributed by atoms with van der Waals surface area (Å²) in [5, 5.41) is 0. The number of hydrogen-bond donors (Lipinski definition) is 0. The lowest BCUT2D eigenvalue weighted by Gasteiger charge is -2.40. The topological polar surface area (TPSA) is 66.9 Å². The van der Waals surface area contributed by atoms with Crippen LogP contribution in [0.2, 0.25) is 0 Å². The first kappa shape index (κ1) is 17.9. The Kier molecular flexibility index (Phi) is 5.04. The molecule has 2 heterocycles. The number of allylic oxidation sites excluding steroid dienone is 2. The zero-order valence-electron chi connectivity index (χ0n) is 14.6. The summed E-state index contributed by atoms with van der Waals surface area (Å²) in [6, 6.07) is -0.0775. The third kappa shape index (κ3) is 3.53. The van der Waals surface area contributed by atoms with E-state index < -0.39 is 10.0 Å². The normalized spacial score (nSPS) is 28.1. The molecule has 7 heteroatoms. The molecular weight excluding hydrogens is 328 g/mol. The molecule has 2 fully saturated rings. The molecule has 0 aromatic heterocycles. The second kappa shape index (κ2) is 6.77. The maximum Gasteiger partial charge on any atom is 0.226 e. The van der Waals surface area contributed by atoms with E-state index in [0.717, 1.165) is 45.2 Å². The highest BCUT2D eigenvalue weighted by Crippen LogP contribution is 2.44. The van der Waals surface area contributed by atoms with Gasteiger partial charge in [0.1, 0.15) is 0 Å². The minimum atomic E-state index is -3.23. The molecule has 1 spiro atoms. The fourth-order valence-corrected chi connectivity index (χ4v) is 5.67. The fraction of sp³-hybridized carbons (Fsp3) is 0.824. The Morgan fingerprint density at radius 2 is 1.88 bits per heavy atom. The first-order valence-corrected chi connectivity index (χ1v) is 10.6. The largest absolute Gasteiger partial charge is 0.383 e. The van der Waals surface area contributed by atoms with Crippen molar-refractivity contribution in [3.8, 4) is 0 Å². The standard InChI is InChI=1S/C17H28N2O4S/c1-23-12-15-11-17(13-19(15)24(2,21)22)7-9-18(10-8-17)16(20)14-5-3-4-6-14/h3-4,14-15H,5-13H2,1-2H3. The van der Waals surface area contributed by atoms with Crippen LogP contribution in [-0.2, 0) is 19.6 Å². The molecule has 0 bridgehead atoms. The molecule has 136 valence electrons. The third-order valence-corrected chi connectivity index (χ3v) is 7.12. The van der Waals surface area contributed by atoms with Crippen LogP contribution in [0.1, 0.15) is 32.1 Å². The Balaban J connectivity index is 1.63. The average Bonchev–Trinajstić information content (AvgIpc) is 3.16. The van der Waals surface area contributed by atoms with Crippen LogP contribution >= 0.6 is 0 Å². The number of carbonyl (C=O) groups is 1. The van der Waals surface area contributed by atoms with E-state index in [-0.39, 0.29) is 23.3 Å². The number of amides is 1. The Hall–Kier alpha value is -0.920. The molecule has 1 amide bonds. The van der Waals surface area contributed by atoms with E-state index in [1.807, 2.05) is 4.90 Å². The van der Waals surface area contributed by atoms with Gasteiger partial charge in [-0.15, -0.1) is 0 Å². The van der Waals surface area contributed by atoms with Gasteiger partial charge in [-0.05, 0) is 37.5 Å². The van der Waals surface area contributed by atoms with Gasteiger partial charge in [-0.1, -0.05) is 12.2 Å². The number of methoxy groups -OCH3 is 1. The number of hydrogen-bond acceptors (Lipinski definition) is 4. The molecule has 0 saturated carbocycles. The predicted octanol–water partition coefficient (Wildman–Crippen LogP) is 1.24. The number of sulfonamides is 1. The van der Waals surface area contributed by atoms with Gasteiger partial charge in [-0.2, -0.15) is 4.31 Å². The second-order valence-electron chi connectivity index (χ2n) is 7.59. The zero-order valence-corrected chi connectivity index (χ0v) is 15.4. The molecule has 3 aliphatic rings. The smallest absolute Gasteiger partial charge is 0.226 e. The van der Waals surface area contributed by atoms with Crippen molar-refractivity contribution in [2.45, 2.75) is 38.1 Å². The van der Waals surface area contributed by atoms with Crippen LogP contribution in [0.15, 0.2) is 12.2 Å². The van der Waals surface area contributed by atoms with E-state index in [4.69, 9.17) is 4.74 Å². The molecule has 0 radical (unpaired) electrons. The minimum Gasteiger partial charge on any atom is -0.383 e. The van der Waals surface area contributed by atoms with Crippen molar-refractivity contribution in [3.05, 3.63) is 12.2 Å². The van der Waals surface area contributed by atoms with Gasteiger partial charge in [-0.3, -0.25) is 4.79 Å². The number of rotatable bonds is 4. The summed E-state index contributed by atoms with van der Waals surface area (Å²) >= 11 is 0. The highest BCUT2D eigenvalue weighted by atomic mass is 32.2. The predicted molar refractivity (Wildman–Crippen MR) is 91.9 cm³/mol. The second-order valence-corrected chi connectivity index (χ2v) is 9.52. The maximum absolute atomic E-state index is 12.6. The van der Waals surface area contributed by atoms with Gasteiger partial charge in [-0.25, -0.2) is 8.42 Å². The molecule has 24 heavy (non-hydrogen) atoms. The van der Waals surface area contributed by atoms with E-state index in [1.165, 1.54) is 6.26 Å². The number of ether oxygens (including phenoxy) is 1. The van der Waals surface area contributed by atoms with Gasteiger partial charge in [0, 0.05) is 38.7 Å². The molecule has 0 aromatic rings. The van der Waals surface area contributed by atoms with Gasteiger partial charge in [0.05, 0.1) is 12.9 Å². The highest BCUT2D eigenvalue weighted by Gasteiger charge is 2.49. The molecule has 0 aromatic carbocycles. The molecule has 3 rings (SSSR count). The van der Waals surface area contributed by atoms with Gasteiger partial charge in [0.2, 0.25) is 15.9 Å². The zero-order chi connectivity index (χ0) is 17.4. The number of likely N-dealkylation sites (tertiary alicyclic amines) is 1. The van der Waals surface area contributed by atoms with Crippen LogP contribution < -0.4 is 0 Å². The van der Waals surface area contributed by atoms with Gasteiger partial charge in [0.25, 0.3) is 0 Å². The number of piperidine rings is 1. The Bertz CT molecular complexity index is 600. The Morgan fingerprint density at radius 3 is 2.42 bits per heavy atom. The maximum atomic E-state index is 12.6. The van der Waals surface area contributed by atoms with Crippen molar-refractivity contribution in [3.63, 3.8) is 0 Å². The minimum absolute atomic E-state index is 0.00299. The summed E-state index contributed by atoms with van der Waals surface area (Å²) in [7, 11) is -1.61. The lowest BCUT2D eigenvalue weighted by Crippen LogP contribution is -2.46. The van der Waals surface area contributed by atoms with Crippen LogP contribution in [0.3, 0.4) is 0 Å². The summed E-state index contributed by atoms with van der Waals surface area (Å²) in [6.45, 7) is 2.48. The van der Waals surface area contributed by atoms with Crippen molar-refractivity contribution >= 4 is 15.9 Å². The Labute approximate surface area is 144 Å². The monoisotopic (exact) mass is 356 g/mol. The van der Waals surface area contributed by atoms with Crippen LogP contribution in [-0.4, -0.2) is 69.2 Å². The molecule has 6 nitrogen and oxygen atoms in total. The van der Waals surface area contributed by atoms with E-state index in [9.17, 15) is 13.2 Å². The summed E-state index contributed by atoms with van der Waals surface area (Å²) < 4.78 is 31.0. The summed E-state index contributed by atoms with van der Waals surface area (Å²) in [6.07, 6.45) is 9.77.